The number of carbonyl (C=O) groups is 1. The molecule has 0 atom stereocenters. The van der Waals surface area contributed by atoms with Crippen LogP contribution < -0.4 is 5.43 Å². The normalized spacial score (nSPS) is 10.7. The molecule has 0 unspecified atom stereocenters. The predicted octanol–water partition coefficient (Wildman–Crippen LogP) is 2.05. The van der Waals surface area contributed by atoms with Crippen LogP contribution in [0.3, 0.4) is 0 Å². The number of non-ortho nitro benzene ring substituents is 1. The Morgan fingerprint density at radius 3 is 3.05 bits per heavy atom. The van der Waals surface area contributed by atoms with Gasteiger partial charge in [0.25, 0.3) is 5.69 Å². The van der Waals surface area contributed by atoms with Crippen LogP contribution in [0.15, 0.2) is 34.7 Å². The highest BCUT2D eigenvalue weighted by Crippen LogP contribution is 2.11. The Bertz CT molecular complexity index is 696. The summed E-state index contributed by atoms with van der Waals surface area (Å²) in [6.07, 6.45) is 1.51. The fourth-order valence-electron chi connectivity index (χ4n) is 1.59. The fraction of sp³-hybridized carbons (Fsp3) is 0.154. The molecule has 1 aromatic carbocycles. The molecule has 1 amide bonds. The molecule has 1 N–H and O–H groups in total. The fourth-order valence-corrected chi connectivity index (χ4v) is 2.20. The van der Waals surface area contributed by atoms with Gasteiger partial charge in [-0.25, -0.2) is 10.4 Å². The maximum Gasteiger partial charge on any atom is 0.270 e. The lowest BCUT2D eigenvalue weighted by atomic mass is 10.2. The number of hydrogen-bond acceptors (Lipinski definition) is 6. The number of carbonyl (C=O) groups excluding carboxylic acids is 1. The summed E-state index contributed by atoms with van der Waals surface area (Å²) in [5.41, 5.74) is 3.57. The predicted molar refractivity (Wildman–Crippen MR) is 79.4 cm³/mol. The van der Waals surface area contributed by atoms with Gasteiger partial charge in [0.15, 0.2) is 0 Å². The van der Waals surface area contributed by atoms with E-state index in [1.807, 2.05) is 12.3 Å². The molecule has 1 heterocycles. The highest BCUT2D eigenvalue weighted by molar-refractivity contribution is 7.09. The molecule has 2 rings (SSSR count). The Morgan fingerprint density at radius 1 is 1.57 bits per heavy atom. The number of hydrogen-bond donors (Lipinski definition) is 1. The van der Waals surface area contributed by atoms with E-state index in [0.717, 1.165) is 5.01 Å². The van der Waals surface area contributed by atoms with Crippen LogP contribution in [0.1, 0.15) is 16.3 Å². The van der Waals surface area contributed by atoms with Crippen LogP contribution in [0.4, 0.5) is 5.69 Å². The Kier molecular flexibility index (Phi) is 4.72. The molecule has 0 bridgehead atoms. The highest BCUT2D eigenvalue weighted by atomic mass is 32.1. The van der Waals surface area contributed by atoms with Crippen molar-refractivity contribution in [2.45, 2.75) is 13.3 Å². The first-order valence-corrected chi connectivity index (χ1v) is 6.90. The van der Waals surface area contributed by atoms with Gasteiger partial charge < -0.3 is 0 Å². The smallest absolute Gasteiger partial charge is 0.270 e. The second-order valence-electron chi connectivity index (χ2n) is 4.18. The Morgan fingerprint density at radius 2 is 2.38 bits per heavy atom. The quantitative estimate of drug-likeness (QED) is 0.519. The van der Waals surface area contributed by atoms with Crippen molar-refractivity contribution < 1.29 is 9.72 Å². The van der Waals surface area contributed by atoms with E-state index in [0.29, 0.717) is 11.3 Å². The van der Waals surface area contributed by atoms with E-state index >= 15 is 0 Å². The standard InChI is InChI=1S/C13H12N4O3S/c1-9-15-11(8-21-9)6-13(18)16-14-7-10-3-2-4-12(5-10)17(19)20/h2-5,7-8H,6H2,1H3,(H,16,18)/b14-7-. The topological polar surface area (TPSA) is 97.5 Å². The first-order chi connectivity index (χ1) is 10.0. The van der Waals surface area contributed by atoms with Crippen LogP contribution in [-0.4, -0.2) is 22.0 Å². The first-order valence-electron chi connectivity index (χ1n) is 6.02. The van der Waals surface area contributed by atoms with Gasteiger partial charge in [0.1, 0.15) is 0 Å². The SMILES string of the molecule is Cc1nc(CC(=O)N/N=C\c2cccc([N+](=O)[O-])c2)cs1. The molecule has 0 saturated carbocycles. The van der Waals surface area contributed by atoms with Crippen molar-refractivity contribution in [1.82, 2.24) is 10.4 Å². The van der Waals surface area contributed by atoms with Crippen LogP contribution in [-0.2, 0) is 11.2 Å². The molecule has 0 aliphatic heterocycles. The molecule has 0 saturated heterocycles. The maximum absolute atomic E-state index is 11.6. The minimum Gasteiger partial charge on any atom is -0.273 e. The highest BCUT2D eigenvalue weighted by Gasteiger charge is 2.06. The lowest BCUT2D eigenvalue weighted by molar-refractivity contribution is -0.384. The Hall–Kier alpha value is -2.61. The number of aryl methyl sites for hydroxylation is 1. The van der Waals surface area contributed by atoms with Crippen LogP contribution in [0.25, 0.3) is 0 Å². The zero-order valence-electron chi connectivity index (χ0n) is 11.1. The van der Waals surface area contributed by atoms with E-state index < -0.39 is 4.92 Å². The van der Waals surface area contributed by atoms with Gasteiger partial charge in [0.05, 0.1) is 28.3 Å². The summed E-state index contributed by atoms with van der Waals surface area (Å²) in [6.45, 7) is 1.87. The molecule has 0 aliphatic rings. The van der Waals surface area contributed by atoms with Gasteiger partial charge in [-0.1, -0.05) is 12.1 Å². The number of rotatable bonds is 5. The van der Waals surface area contributed by atoms with E-state index in [4.69, 9.17) is 0 Å². The average Bonchev–Trinajstić information content (AvgIpc) is 2.84. The van der Waals surface area contributed by atoms with Crippen molar-refractivity contribution >= 4 is 29.1 Å². The summed E-state index contributed by atoms with van der Waals surface area (Å²) in [5.74, 6) is -0.290. The van der Waals surface area contributed by atoms with E-state index in [1.54, 1.807) is 12.1 Å². The first kappa shape index (κ1) is 14.8. The number of nitro benzene ring substituents is 1. The zero-order chi connectivity index (χ0) is 15.2. The molecule has 8 heteroatoms. The molecule has 0 radical (unpaired) electrons. The minimum atomic E-state index is -0.486. The van der Waals surface area contributed by atoms with Gasteiger partial charge in [-0.3, -0.25) is 14.9 Å². The monoisotopic (exact) mass is 304 g/mol. The number of amides is 1. The number of benzene rings is 1. The van der Waals surface area contributed by atoms with Crippen LogP contribution in [0, 0.1) is 17.0 Å². The second kappa shape index (κ2) is 6.71. The molecular weight excluding hydrogens is 292 g/mol. The Labute approximate surface area is 124 Å². The van der Waals surface area contributed by atoms with Crippen LogP contribution in [0.5, 0.6) is 0 Å². The molecular formula is C13H12N4O3S. The van der Waals surface area contributed by atoms with E-state index in [-0.39, 0.29) is 18.0 Å². The zero-order valence-corrected chi connectivity index (χ0v) is 12.0. The lowest BCUT2D eigenvalue weighted by Crippen LogP contribution is -2.19. The van der Waals surface area contributed by atoms with Crippen molar-refractivity contribution in [3.05, 3.63) is 56.0 Å². The number of nitrogens with one attached hydrogen (secondary N) is 1. The summed E-state index contributed by atoms with van der Waals surface area (Å²) >= 11 is 1.48. The third kappa shape index (κ3) is 4.46. The van der Waals surface area contributed by atoms with E-state index in [1.165, 1.54) is 29.7 Å². The number of hydrazone groups is 1. The molecule has 7 nitrogen and oxygen atoms in total. The van der Waals surface area contributed by atoms with Crippen molar-refractivity contribution in [2.24, 2.45) is 5.10 Å². The molecule has 0 aliphatic carbocycles. The van der Waals surface area contributed by atoms with E-state index in [2.05, 4.69) is 15.5 Å². The van der Waals surface area contributed by atoms with Gasteiger partial charge >= 0.3 is 0 Å². The van der Waals surface area contributed by atoms with Crippen LogP contribution in [0.2, 0.25) is 0 Å². The molecule has 0 spiro atoms. The maximum atomic E-state index is 11.6. The second-order valence-corrected chi connectivity index (χ2v) is 5.24. The minimum absolute atomic E-state index is 0.0248. The summed E-state index contributed by atoms with van der Waals surface area (Å²) in [6, 6.07) is 5.98. The van der Waals surface area contributed by atoms with Gasteiger partial charge in [-0.15, -0.1) is 11.3 Å². The number of nitro groups is 1. The van der Waals surface area contributed by atoms with Crippen molar-refractivity contribution in [1.29, 1.82) is 0 Å². The summed E-state index contributed by atoms with van der Waals surface area (Å²) in [4.78, 5) is 25.9. The third-order valence-electron chi connectivity index (χ3n) is 2.49. The van der Waals surface area contributed by atoms with Crippen molar-refractivity contribution in [2.75, 3.05) is 0 Å². The molecule has 2 aromatic rings. The van der Waals surface area contributed by atoms with Crippen molar-refractivity contribution in [3.63, 3.8) is 0 Å². The van der Waals surface area contributed by atoms with E-state index in [9.17, 15) is 14.9 Å². The summed E-state index contributed by atoms with van der Waals surface area (Å²) < 4.78 is 0. The summed E-state index contributed by atoms with van der Waals surface area (Å²) in [7, 11) is 0. The van der Waals surface area contributed by atoms with Gasteiger partial charge in [0, 0.05) is 23.1 Å². The average molecular weight is 304 g/mol. The summed E-state index contributed by atoms with van der Waals surface area (Å²) in [5, 5.41) is 17.1. The molecule has 0 fully saturated rings. The molecule has 108 valence electrons. The Balaban J connectivity index is 1.91. The molecule has 21 heavy (non-hydrogen) atoms. The molecule has 1 aromatic heterocycles. The van der Waals surface area contributed by atoms with Crippen molar-refractivity contribution in [3.8, 4) is 0 Å². The largest absolute Gasteiger partial charge is 0.273 e. The third-order valence-corrected chi connectivity index (χ3v) is 3.31. The number of aromatic nitrogens is 1. The number of thiazole rings is 1. The van der Waals surface area contributed by atoms with Gasteiger partial charge in [0.2, 0.25) is 5.91 Å². The number of nitrogens with zero attached hydrogens (tertiary/aromatic N) is 3. The lowest BCUT2D eigenvalue weighted by Gasteiger charge is -1.97. The van der Waals surface area contributed by atoms with Gasteiger partial charge in [-0.2, -0.15) is 5.10 Å². The van der Waals surface area contributed by atoms with Crippen LogP contribution >= 0.6 is 11.3 Å². The van der Waals surface area contributed by atoms with Gasteiger partial charge in [-0.05, 0) is 6.92 Å².